The van der Waals surface area contributed by atoms with Crippen LogP contribution in [0.1, 0.15) is 35.1 Å². The summed E-state index contributed by atoms with van der Waals surface area (Å²) < 4.78 is 67.1. The smallest absolute Gasteiger partial charge is 0.212 e. The molecule has 8 nitrogen and oxygen atoms in total. The van der Waals surface area contributed by atoms with Crippen molar-refractivity contribution in [1.82, 2.24) is 0 Å². The molecule has 0 saturated heterocycles. The van der Waals surface area contributed by atoms with Crippen LogP contribution >= 0.6 is 0 Å². The Morgan fingerprint density at radius 1 is 0.479 bits per heavy atom. The van der Waals surface area contributed by atoms with E-state index < -0.39 is 20.2 Å². The van der Waals surface area contributed by atoms with Crippen molar-refractivity contribution in [3.63, 3.8) is 0 Å². The largest absolute Gasteiger partial charge is 0.744 e. The monoisotopic (exact) mass is 684 g/mol. The molecule has 2 heterocycles. The molecule has 6 aromatic rings. The minimum Gasteiger partial charge on any atom is -0.744 e. The summed E-state index contributed by atoms with van der Waals surface area (Å²) >= 11 is 0. The van der Waals surface area contributed by atoms with Gasteiger partial charge in [-0.3, -0.25) is 0 Å². The van der Waals surface area contributed by atoms with Crippen LogP contribution in [0.4, 0.5) is 0 Å². The van der Waals surface area contributed by atoms with E-state index in [1.54, 1.807) is 24.3 Å². The molecule has 0 spiro atoms. The van der Waals surface area contributed by atoms with Crippen molar-refractivity contribution in [2.24, 2.45) is 0 Å². The zero-order valence-corrected chi connectivity index (χ0v) is 29.2. The molecule has 2 aromatic heterocycles. The number of rotatable bonds is 7. The van der Waals surface area contributed by atoms with E-state index in [2.05, 4.69) is 96.0 Å². The van der Waals surface area contributed by atoms with E-state index in [1.807, 2.05) is 13.8 Å². The van der Waals surface area contributed by atoms with E-state index >= 15 is 0 Å². The highest BCUT2D eigenvalue weighted by Gasteiger charge is 2.12. The zero-order chi connectivity index (χ0) is 34.9. The highest BCUT2D eigenvalue weighted by molar-refractivity contribution is 7.86. The van der Waals surface area contributed by atoms with E-state index in [0.717, 1.165) is 24.2 Å². The van der Waals surface area contributed by atoms with Crippen molar-refractivity contribution in [3.05, 3.63) is 144 Å². The average Bonchev–Trinajstić information content (AvgIpc) is 3.05. The number of pyridine rings is 2. The lowest BCUT2D eigenvalue weighted by Crippen LogP contribution is -2.37. The fraction of sp³-hybridized carbons (Fsp3) is 0.211. The lowest BCUT2D eigenvalue weighted by molar-refractivity contribution is -0.683. The molecular weight excluding hydrogens is 645 g/mol. The molecule has 0 aliphatic rings. The van der Waals surface area contributed by atoms with Gasteiger partial charge in [0.2, 0.25) is 11.0 Å². The van der Waals surface area contributed by atoms with Crippen LogP contribution in [0, 0.1) is 27.7 Å². The molecule has 0 aliphatic heterocycles. The second-order valence-electron chi connectivity index (χ2n) is 11.7. The van der Waals surface area contributed by atoms with Gasteiger partial charge in [0.05, 0.1) is 9.79 Å². The molecule has 10 heteroatoms. The maximum absolute atomic E-state index is 10.4. The molecule has 0 unspecified atom stereocenters. The van der Waals surface area contributed by atoms with Crippen LogP contribution in [0.5, 0.6) is 0 Å². The Labute approximate surface area is 283 Å². The van der Waals surface area contributed by atoms with Gasteiger partial charge in [0.15, 0.2) is 12.4 Å². The summed E-state index contributed by atoms with van der Waals surface area (Å²) in [6, 6.07) is 33.4. The van der Waals surface area contributed by atoms with Gasteiger partial charge in [0.25, 0.3) is 0 Å². The first-order valence-electron chi connectivity index (χ1n) is 15.5. The number of nitrogens with zero attached hydrogens (tertiary/aromatic N) is 2. The van der Waals surface area contributed by atoms with Crippen molar-refractivity contribution in [2.75, 3.05) is 0 Å². The summed E-state index contributed by atoms with van der Waals surface area (Å²) in [6.45, 7) is 10.1. The molecule has 250 valence electrons. The van der Waals surface area contributed by atoms with Crippen LogP contribution < -0.4 is 9.13 Å². The summed E-state index contributed by atoms with van der Waals surface area (Å²) in [4.78, 5) is -0.355. The van der Waals surface area contributed by atoms with Gasteiger partial charge in [0, 0.05) is 47.9 Å². The third-order valence-electron chi connectivity index (χ3n) is 7.95. The SMILES string of the molecule is Cc1cc[n+](CCCC[n+]2ccc(C)c3ccccc32)c2ccccc12.Cc1ccc(S(=O)(=O)[O-])cc1.Cc1ccc(S(=O)(=O)[O-])cc1. The first kappa shape index (κ1) is 36.4. The normalized spacial score (nSPS) is 11.4. The van der Waals surface area contributed by atoms with Crippen molar-refractivity contribution < 1.29 is 35.1 Å². The minimum absolute atomic E-state index is 0.178. The Morgan fingerprint density at radius 2 is 0.812 bits per heavy atom. The highest BCUT2D eigenvalue weighted by atomic mass is 32.2. The third-order valence-corrected chi connectivity index (χ3v) is 9.65. The summed E-state index contributed by atoms with van der Waals surface area (Å²) in [5, 5.41) is 2.71. The fourth-order valence-corrected chi connectivity index (χ4v) is 6.16. The van der Waals surface area contributed by atoms with Crippen LogP contribution in [-0.4, -0.2) is 25.9 Å². The number of fused-ring (bicyclic) bond motifs is 2. The molecule has 0 saturated carbocycles. The quantitative estimate of drug-likeness (QED) is 0.108. The molecule has 6 rings (SSSR count). The van der Waals surface area contributed by atoms with Crippen molar-refractivity contribution in [3.8, 4) is 0 Å². The van der Waals surface area contributed by atoms with E-state index in [4.69, 9.17) is 0 Å². The average molecular weight is 685 g/mol. The molecule has 0 N–H and O–H groups in total. The molecule has 0 radical (unpaired) electrons. The first-order valence-corrected chi connectivity index (χ1v) is 18.4. The van der Waals surface area contributed by atoms with Crippen LogP contribution in [0.2, 0.25) is 0 Å². The van der Waals surface area contributed by atoms with Gasteiger partial charge < -0.3 is 9.11 Å². The topological polar surface area (TPSA) is 122 Å². The van der Waals surface area contributed by atoms with E-state index in [1.165, 1.54) is 70.0 Å². The summed E-state index contributed by atoms with van der Waals surface area (Å²) in [6.07, 6.45) is 6.80. The number of para-hydroxylation sites is 2. The van der Waals surface area contributed by atoms with Gasteiger partial charge in [-0.2, -0.15) is 9.13 Å². The number of benzene rings is 4. The molecular formula is C38H40N2O6S2. The molecule has 0 atom stereocenters. The maximum atomic E-state index is 10.4. The second-order valence-corrected chi connectivity index (χ2v) is 14.4. The zero-order valence-electron chi connectivity index (χ0n) is 27.5. The van der Waals surface area contributed by atoms with E-state index in [0.29, 0.717) is 0 Å². The fourth-order valence-electron chi connectivity index (χ4n) is 5.22. The Bertz CT molecular complexity index is 2060. The summed E-state index contributed by atoms with van der Waals surface area (Å²) in [5.74, 6) is 0. The van der Waals surface area contributed by atoms with Gasteiger partial charge in [-0.05, 0) is 75.2 Å². The summed E-state index contributed by atoms with van der Waals surface area (Å²) in [7, 11) is -8.54. The summed E-state index contributed by atoms with van der Waals surface area (Å²) in [5.41, 5.74) is 7.22. The van der Waals surface area contributed by atoms with Gasteiger partial charge >= 0.3 is 0 Å². The van der Waals surface area contributed by atoms with Crippen molar-refractivity contribution in [2.45, 2.75) is 63.4 Å². The predicted octanol–water partition coefficient (Wildman–Crippen LogP) is 6.46. The van der Waals surface area contributed by atoms with Crippen LogP contribution in [0.15, 0.2) is 131 Å². The molecule has 4 aromatic carbocycles. The molecule has 0 bridgehead atoms. The van der Waals surface area contributed by atoms with E-state index in [9.17, 15) is 25.9 Å². The van der Waals surface area contributed by atoms with Crippen LogP contribution in [-0.2, 0) is 33.3 Å². The molecule has 0 aliphatic carbocycles. The molecule has 0 amide bonds. The Kier molecular flexibility index (Phi) is 12.2. The van der Waals surface area contributed by atoms with Crippen LogP contribution in [0.3, 0.4) is 0 Å². The lowest BCUT2D eigenvalue weighted by atomic mass is 10.1. The Morgan fingerprint density at radius 3 is 1.15 bits per heavy atom. The number of aromatic nitrogens is 2. The van der Waals surface area contributed by atoms with Crippen LogP contribution in [0.25, 0.3) is 21.8 Å². The van der Waals surface area contributed by atoms with Gasteiger partial charge in [0.1, 0.15) is 33.3 Å². The number of hydrogen-bond acceptors (Lipinski definition) is 6. The minimum atomic E-state index is -4.27. The third kappa shape index (κ3) is 10.0. The van der Waals surface area contributed by atoms with Gasteiger partial charge in [-0.15, -0.1) is 0 Å². The van der Waals surface area contributed by atoms with Crippen molar-refractivity contribution >= 4 is 42.0 Å². The molecule has 48 heavy (non-hydrogen) atoms. The maximum Gasteiger partial charge on any atom is 0.212 e. The Balaban J connectivity index is 0.000000195. The van der Waals surface area contributed by atoms with Crippen molar-refractivity contribution in [1.29, 1.82) is 0 Å². The predicted molar refractivity (Wildman–Crippen MR) is 185 cm³/mol. The highest BCUT2D eigenvalue weighted by Crippen LogP contribution is 2.16. The first-order chi connectivity index (χ1) is 22.7. The van der Waals surface area contributed by atoms with Gasteiger partial charge in [-0.25, -0.2) is 16.8 Å². The Hall–Kier alpha value is -4.48. The second kappa shape index (κ2) is 16.1. The molecule has 0 fully saturated rings. The van der Waals surface area contributed by atoms with E-state index in [-0.39, 0.29) is 9.79 Å². The van der Waals surface area contributed by atoms with Gasteiger partial charge in [-0.1, -0.05) is 59.7 Å². The number of aryl methyl sites for hydroxylation is 6. The lowest BCUT2D eigenvalue weighted by Gasteiger charge is -2.05. The number of unbranched alkanes of at least 4 members (excludes halogenated alkanes) is 1. The standard InChI is InChI=1S/C24H26N2.2C7H8O3S/c1-19-13-17-25(23-11-5-3-9-21(19)23)15-7-8-16-26-18-14-20(2)22-10-4-6-12-24(22)26;2*1-6-2-4-7(5-3-6)11(8,9)10/h3-6,9-14,17-18H,7-8,15-16H2,1-2H3;2*2-5H,1H3,(H,8,9,10)/q+2;;/p-2. The number of hydrogen-bond donors (Lipinski definition) is 0.